The molecule has 5 amide bonds. The van der Waals surface area contributed by atoms with Crippen LogP contribution >= 0.6 is 0 Å². The first-order valence-corrected chi connectivity index (χ1v) is 10.0. The topological polar surface area (TPSA) is 265 Å². The van der Waals surface area contributed by atoms with Gasteiger partial charge in [-0.3, -0.25) is 28.8 Å². The molecule has 0 aromatic carbocycles. The maximum absolute atomic E-state index is 12.9. The lowest BCUT2D eigenvalue weighted by Gasteiger charge is -2.28. The standard InChI is InChI=1S/C18H28N6O9/c19-8(6-14(27)28)15(29)23-10(7-13(21)26)16(30)22-9(3-4-12(20)25)17(31)24-5-1-2-11(24)18(32)33/h8-11H,1-7,19H2,(H2,20,25)(H2,21,26)(H,22,30)(H,23,29)(H,27,28)(H,32,33). The summed E-state index contributed by atoms with van der Waals surface area (Å²) in [4.78, 5) is 83.6. The molecule has 1 aliphatic rings. The quantitative estimate of drug-likeness (QED) is 0.136. The van der Waals surface area contributed by atoms with Crippen molar-refractivity contribution in [2.75, 3.05) is 6.54 Å². The van der Waals surface area contributed by atoms with Crippen molar-refractivity contribution in [3.63, 3.8) is 0 Å². The van der Waals surface area contributed by atoms with E-state index in [0.29, 0.717) is 6.42 Å². The van der Waals surface area contributed by atoms with Gasteiger partial charge >= 0.3 is 11.9 Å². The summed E-state index contributed by atoms with van der Waals surface area (Å²) in [5.41, 5.74) is 15.7. The highest BCUT2D eigenvalue weighted by atomic mass is 16.4. The molecular formula is C18H28N6O9. The van der Waals surface area contributed by atoms with Crippen LogP contribution in [0.4, 0.5) is 0 Å². The number of carbonyl (C=O) groups excluding carboxylic acids is 5. The molecule has 33 heavy (non-hydrogen) atoms. The van der Waals surface area contributed by atoms with Gasteiger partial charge in [0.1, 0.15) is 18.1 Å². The number of nitrogens with two attached hydrogens (primary N) is 3. The van der Waals surface area contributed by atoms with Gasteiger partial charge in [-0.25, -0.2) is 4.79 Å². The van der Waals surface area contributed by atoms with Crippen molar-refractivity contribution in [1.82, 2.24) is 15.5 Å². The van der Waals surface area contributed by atoms with E-state index in [1.807, 2.05) is 0 Å². The van der Waals surface area contributed by atoms with E-state index in [4.69, 9.17) is 22.3 Å². The Morgan fingerprint density at radius 2 is 1.52 bits per heavy atom. The van der Waals surface area contributed by atoms with Gasteiger partial charge in [0.25, 0.3) is 0 Å². The number of nitrogens with zero attached hydrogens (tertiary/aromatic N) is 1. The van der Waals surface area contributed by atoms with E-state index in [0.717, 1.165) is 4.90 Å². The Bertz CT molecular complexity index is 817. The lowest BCUT2D eigenvalue weighted by Crippen LogP contribution is -2.58. The summed E-state index contributed by atoms with van der Waals surface area (Å²) >= 11 is 0. The molecule has 0 aromatic rings. The van der Waals surface area contributed by atoms with E-state index in [-0.39, 0.29) is 25.8 Å². The van der Waals surface area contributed by atoms with Crippen molar-refractivity contribution in [2.45, 2.75) is 62.7 Å². The molecule has 0 aliphatic carbocycles. The van der Waals surface area contributed by atoms with Gasteiger partial charge in [-0.15, -0.1) is 0 Å². The monoisotopic (exact) mass is 472 g/mol. The van der Waals surface area contributed by atoms with E-state index in [1.165, 1.54) is 0 Å². The SMILES string of the molecule is NC(=O)CCC(NC(=O)C(CC(N)=O)NC(=O)C(N)CC(=O)O)C(=O)N1CCCC1C(=O)O. The Hall–Kier alpha value is -3.75. The van der Waals surface area contributed by atoms with Gasteiger partial charge in [-0.05, 0) is 19.3 Å². The molecule has 1 rings (SSSR count). The van der Waals surface area contributed by atoms with Crippen molar-refractivity contribution in [3.8, 4) is 0 Å². The number of carboxylic acids is 2. The van der Waals surface area contributed by atoms with Gasteiger partial charge in [0.05, 0.1) is 18.9 Å². The second kappa shape index (κ2) is 12.3. The second-order valence-corrected chi connectivity index (χ2v) is 7.53. The fourth-order valence-electron chi connectivity index (χ4n) is 3.27. The van der Waals surface area contributed by atoms with Crippen LogP contribution < -0.4 is 27.8 Å². The molecule has 10 N–H and O–H groups in total. The van der Waals surface area contributed by atoms with Crippen molar-refractivity contribution >= 4 is 41.5 Å². The van der Waals surface area contributed by atoms with Crippen LogP contribution in [0.2, 0.25) is 0 Å². The Balaban J connectivity index is 3.04. The molecule has 1 saturated heterocycles. The van der Waals surface area contributed by atoms with E-state index < -0.39 is 78.5 Å². The summed E-state index contributed by atoms with van der Waals surface area (Å²) in [6.07, 6.45) is -1.41. The molecule has 1 heterocycles. The zero-order valence-corrected chi connectivity index (χ0v) is 17.7. The third-order valence-corrected chi connectivity index (χ3v) is 4.88. The Morgan fingerprint density at radius 3 is 2.03 bits per heavy atom. The minimum absolute atomic E-state index is 0.115. The molecule has 15 heteroatoms. The van der Waals surface area contributed by atoms with Crippen LogP contribution in [0, 0.1) is 0 Å². The van der Waals surface area contributed by atoms with Crippen molar-refractivity contribution in [3.05, 3.63) is 0 Å². The van der Waals surface area contributed by atoms with Gasteiger partial charge in [0, 0.05) is 13.0 Å². The number of nitrogens with one attached hydrogen (secondary N) is 2. The van der Waals surface area contributed by atoms with Crippen LogP contribution in [-0.4, -0.2) is 87.3 Å². The van der Waals surface area contributed by atoms with Gasteiger partial charge in [-0.2, -0.15) is 0 Å². The summed E-state index contributed by atoms with van der Waals surface area (Å²) in [5, 5.41) is 22.4. The van der Waals surface area contributed by atoms with Crippen LogP contribution in [-0.2, 0) is 33.6 Å². The number of amides is 5. The van der Waals surface area contributed by atoms with Crippen molar-refractivity contribution in [2.24, 2.45) is 17.2 Å². The highest BCUT2D eigenvalue weighted by molar-refractivity contribution is 5.97. The summed E-state index contributed by atoms with van der Waals surface area (Å²) in [7, 11) is 0. The average Bonchev–Trinajstić information content (AvgIpc) is 3.19. The first-order chi connectivity index (χ1) is 15.3. The maximum atomic E-state index is 12.9. The summed E-state index contributed by atoms with van der Waals surface area (Å²) in [6, 6.07) is -5.63. The fraction of sp³-hybridized carbons (Fsp3) is 0.611. The molecule has 0 radical (unpaired) electrons. The van der Waals surface area contributed by atoms with Crippen LogP contribution in [0.1, 0.15) is 38.5 Å². The highest BCUT2D eigenvalue weighted by Crippen LogP contribution is 2.19. The smallest absolute Gasteiger partial charge is 0.326 e. The molecule has 0 saturated carbocycles. The van der Waals surface area contributed by atoms with Crippen LogP contribution in [0.15, 0.2) is 0 Å². The largest absolute Gasteiger partial charge is 0.481 e. The molecule has 1 fully saturated rings. The molecule has 0 spiro atoms. The number of rotatable bonds is 13. The first kappa shape index (κ1) is 27.3. The Kier molecular flexibility index (Phi) is 10.2. The number of carboxylic acid groups (broad SMARTS) is 2. The molecule has 0 aromatic heterocycles. The molecule has 4 unspecified atom stereocenters. The molecule has 15 nitrogen and oxygen atoms in total. The normalized spacial score (nSPS) is 18.0. The van der Waals surface area contributed by atoms with Gasteiger partial charge in [0.15, 0.2) is 0 Å². The van der Waals surface area contributed by atoms with E-state index >= 15 is 0 Å². The minimum Gasteiger partial charge on any atom is -0.481 e. The third-order valence-electron chi connectivity index (χ3n) is 4.88. The molecule has 4 atom stereocenters. The fourth-order valence-corrected chi connectivity index (χ4v) is 3.27. The third kappa shape index (κ3) is 8.72. The predicted molar refractivity (Wildman–Crippen MR) is 109 cm³/mol. The van der Waals surface area contributed by atoms with E-state index in [9.17, 15) is 38.7 Å². The number of carbonyl (C=O) groups is 7. The summed E-state index contributed by atoms with van der Waals surface area (Å²) in [6.45, 7) is 0.115. The molecule has 1 aliphatic heterocycles. The van der Waals surface area contributed by atoms with E-state index in [1.54, 1.807) is 0 Å². The minimum atomic E-state index is -1.60. The molecular weight excluding hydrogens is 444 g/mol. The maximum Gasteiger partial charge on any atom is 0.326 e. The predicted octanol–water partition coefficient (Wildman–Crippen LogP) is -4.03. The van der Waals surface area contributed by atoms with Crippen LogP contribution in [0.5, 0.6) is 0 Å². The van der Waals surface area contributed by atoms with Crippen LogP contribution in [0.3, 0.4) is 0 Å². The second-order valence-electron chi connectivity index (χ2n) is 7.53. The van der Waals surface area contributed by atoms with Crippen molar-refractivity contribution in [1.29, 1.82) is 0 Å². The molecule has 0 bridgehead atoms. The van der Waals surface area contributed by atoms with E-state index in [2.05, 4.69) is 10.6 Å². The highest BCUT2D eigenvalue weighted by Gasteiger charge is 2.38. The lowest BCUT2D eigenvalue weighted by atomic mass is 10.1. The average molecular weight is 472 g/mol. The first-order valence-electron chi connectivity index (χ1n) is 10.0. The Labute approximate surface area is 188 Å². The van der Waals surface area contributed by atoms with Crippen LogP contribution in [0.25, 0.3) is 0 Å². The van der Waals surface area contributed by atoms with Gasteiger partial charge in [-0.1, -0.05) is 0 Å². The number of primary amides is 2. The zero-order chi connectivity index (χ0) is 25.3. The number of likely N-dealkylation sites (tertiary alicyclic amines) is 1. The molecule has 184 valence electrons. The summed E-state index contributed by atoms with van der Waals surface area (Å²) < 4.78 is 0. The lowest BCUT2D eigenvalue weighted by molar-refractivity contribution is -0.149. The number of hydrogen-bond donors (Lipinski definition) is 7. The summed E-state index contributed by atoms with van der Waals surface area (Å²) in [5.74, 6) is -7.24. The zero-order valence-electron chi connectivity index (χ0n) is 17.7. The van der Waals surface area contributed by atoms with Gasteiger partial charge in [0.2, 0.25) is 29.5 Å². The van der Waals surface area contributed by atoms with Gasteiger partial charge < -0.3 is 42.9 Å². The Morgan fingerprint density at radius 1 is 0.909 bits per heavy atom. The number of hydrogen-bond acceptors (Lipinski definition) is 8. The van der Waals surface area contributed by atoms with Crippen molar-refractivity contribution < 1.29 is 43.8 Å². The number of aliphatic carboxylic acids is 2.